The molecule has 0 spiro atoms. The summed E-state index contributed by atoms with van der Waals surface area (Å²) in [6.45, 7) is 3.67. The van der Waals surface area contributed by atoms with Crippen molar-refractivity contribution in [3.8, 4) is 0 Å². The number of carbonyl (C=O) groups is 1. The molecule has 0 saturated carbocycles. The Morgan fingerprint density at radius 3 is 2.52 bits per heavy atom. The van der Waals surface area contributed by atoms with Gasteiger partial charge in [0.05, 0.1) is 10.6 Å². The van der Waals surface area contributed by atoms with Crippen LogP contribution in [-0.4, -0.2) is 12.6 Å². The largest absolute Gasteiger partial charge is 0.458 e. The molecule has 0 unspecified atom stereocenters. The molecule has 3 heteroatoms. The Labute approximate surface area is 129 Å². The van der Waals surface area contributed by atoms with Crippen molar-refractivity contribution in [2.45, 2.75) is 0 Å². The van der Waals surface area contributed by atoms with Crippen molar-refractivity contribution in [2.24, 2.45) is 0 Å². The lowest BCUT2D eigenvalue weighted by Crippen LogP contribution is -2.06. The summed E-state index contributed by atoms with van der Waals surface area (Å²) in [5, 5.41) is 0.376. The zero-order valence-electron chi connectivity index (χ0n) is 11.5. The summed E-state index contributed by atoms with van der Waals surface area (Å²) in [6.07, 6.45) is 5.42. The Bertz CT molecular complexity index is 660. The van der Waals surface area contributed by atoms with Gasteiger partial charge in [-0.25, -0.2) is 4.79 Å². The third-order valence-corrected chi connectivity index (χ3v) is 3.14. The van der Waals surface area contributed by atoms with Crippen molar-refractivity contribution >= 4 is 29.7 Å². The first-order valence-corrected chi connectivity index (χ1v) is 6.89. The maximum atomic E-state index is 11.9. The van der Waals surface area contributed by atoms with E-state index in [-0.39, 0.29) is 6.61 Å². The summed E-state index contributed by atoms with van der Waals surface area (Å²) in [6, 6.07) is 15.2. The van der Waals surface area contributed by atoms with Gasteiger partial charge in [-0.2, -0.15) is 0 Å². The molecule has 0 N–H and O–H groups in total. The molecule has 2 aromatic carbocycles. The van der Waals surface area contributed by atoms with Crippen molar-refractivity contribution in [1.82, 2.24) is 0 Å². The van der Waals surface area contributed by atoms with Crippen LogP contribution in [0.1, 0.15) is 21.5 Å². The molecule has 2 aromatic rings. The van der Waals surface area contributed by atoms with Crippen LogP contribution < -0.4 is 0 Å². The third-order valence-electron chi connectivity index (χ3n) is 2.81. The predicted molar refractivity (Wildman–Crippen MR) is 87.3 cm³/mol. The highest BCUT2D eigenvalue weighted by atomic mass is 35.5. The van der Waals surface area contributed by atoms with Gasteiger partial charge >= 0.3 is 5.97 Å². The Balaban J connectivity index is 2.20. The number of hydrogen-bond acceptors (Lipinski definition) is 2. The van der Waals surface area contributed by atoms with E-state index < -0.39 is 5.97 Å². The molecule has 0 heterocycles. The standard InChI is InChI=1S/C18H15ClO2/c1-2-12-21-18(20)16-13-15(10-11-17(16)19)9-8-14-6-4-3-5-7-14/h2-11,13H,1,12H2/b9-8+. The number of esters is 1. The normalized spacial score (nSPS) is 10.5. The molecule has 0 radical (unpaired) electrons. The van der Waals surface area contributed by atoms with Crippen LogP contribution in [0.15, 0.2) is 61.2 Å². The fourth-order valence-corrected chi connectivity index (χ4v) is 1.97. The number of hydrogen-bond donors (Lipinski definition) is 0. The second kappa shape index (κ2) is 7.46. The van der Waals surface area contributed by atoms with Crippen LogP contribution in [0.4, 0.5) is 0 Å². The number of ether oxygens (including phenoxy) is 1. The maximum Gasteiger partial charge on any atom is 0.339 e. The molecule has 0 saturated heterocycles. The van der Waals surface area contributed by atoms with E-state index in [0.717, 1.165) is 11.1 Å². The molecule has 21 heavy (non-hydrogen) atoms. The molecule has 2 nitrogen and oxygen atoms in total. The van der Waals surface area contributed by atoms with E-state index in [2.05, 4.69) is 6.58 Å². The van der Waals surface area contributed by atoms with Gasteiger partial charge in [-0.15, -0.1) is 0 Å². The average molecular weight is 299 g/mol. The van der Waals surface area contributed by atoms with Gasteiger partial charge in [0.2, 0.25) is 0 Å². The molecule has 0 aliphatic rings. The minimum Gasteiger partial charge on any atom is -0.458 e. The van der Waals surface area contributed by atoms with E-state index in [1.165, 1.54) is 6.08 Å². The van der Waals surface area contributed by atoms with Crippen LogP contribution in [0.5, 0.6) is 0 Å². The first-order chi connectivity index (χ1) is 10.2. The van der Waals surface area contributed by atoms with Gasteiger partial charge in [0, 0.05) is 0 Å². The van der Waals surface area contributed by atoms with Crippen molar-refractivity contribution in [1.29, 1.82) is 0 Å². The molecule has 0 amide bonds. The van der Waals surface area contributed by atoms with Crippen LogP contribution >= 0.6 is 11.6 Å². The van der Waals surface area contributed by atoms with E-state index >= 15 is 0 Å². The Morgan fingerprint density at radius 1 is 1.10 bits per heavy atom. The van der Waals surface area contributed by atoms with Crippen molar-refractivity contribution < 1.29 is 9.53 Å². The first kappa shape index (κ1) is 15.1. The quantitative estimate of drug-likeness (QED) is 0.448. The number of benzene rings is 2. The van der Waals surface area contributed by atoms with Crippen LogP contribution in [0.2, 0.25) is 5.02 Å². The van der Waals surface area contributed by atoms with Gasteiger partial charge in [0.25, 0.3) is 0 Å². The highest BCUT2D eigenvalue weighted by molar-refractivity contribution is 6.33. The number of carbonyl (C=O) groups excluding carboxylic acids is 1. The molecule has 0 aliphatic heterocycles. The van der Waals surface area contributed by atoms with Crippen molar-refractivity contribution in [3.63, 3.8) is 0 Å². The molecule has 106 valence electrons. The SMILES string of the molecule is C=CCOC(=O)c1cc(/C=C/c2ccccc2)ccc1Cl. The lowest BCUT2D eigenvalue weighted by Gasteiger charge is -2.05. The van der Waals surface area contributed by atoms with Crippen LogP contribution in [0.25, 0.3) is 12.2 Å². The van der Waals surface area contributed by atoms with Crippen LogP contribution in [-0.2, 0) is 4.74 Å². The first-order valence-electron chi connectivity index (χ1n) is 6.51. The summed E-state index contributed by atoms with van der Waals surface area (Å²) in [4.78, 5) is 11.9. The summed E-state index contributed by atoms with van der Waals surface area (Å²) in [5.74, 6) is -0.449. The van der Waals surface area contributed by atoms with Crippen LogP contribution in [0.3, 0.4) is 0 Å². The van der Waals surface area contributed by atoms with Gasteiger partial charge in [0.15, 0.2) is 0 Å². The lowest BCUT2D eigenvalue weighted by atomic mass is 10.1. The zero-order chi connectivity index (χ0) is 15.1. The Morgan fingerprint density at radius 2 is 1.81 bits per heavy atom. The smallest absolute Gasteiger partial charge is 0.339 e. The third kappa shape index (κ3) is 4.33. The fraction of sp³-hybridized carbons (Fsp3) is 0.0556. The summed E-state index contributed by atoms with van der Waals surface area (Å²) >= 11 is 6.04. The molecular weight excluding hydrogens is 284 g/mol. The minimum atomic E-state index is -0.449. The average Bonchev–Trinajstić information content (AvgIpc) is 2.52. The fourth-order valence-electron chi connectivity index (χ4n) is 1.77. The Hall–Kier alpha value is -2.32. The summed E-state index contributed by atoms with van der Waals surface area (Å²) in [5.41, 5.74) is 2.32. The van der Waals surface area contributed by atoms with Gasteiger partial charge < -0.3 is 4.74 Å². The zero-order valence-corrected chi connectivity index (χ0v) is 12.2. The molecular formula is C18H15ClO2. The lowest BCUT2D eigenvalue weighted by molar-refractivity contribution is 0.0550. The van der Waals surface area contributed by atoms with Gasteiger partial charge in [-0.3, -0.25) is 0 Å². The topological polar surface area (TPSA) is 26.3 Å². The van der Waals surface area contributed by atoms with Gasteiger partial charge in [-0.1, -0.05) is 72.8 Å². The molecule has 0 fully saturated rings. The molecule has 0 aromatic heterocycles. The highest BCUT2D eigenvalue weighted by Gasteiger charge is 2.11. The minimum absolute atomic E-state index is 0.166. The second-order valence-corrected chi connectivity index (χ2v) is 4.78. The van der Waals surface area contributed by atoms with Crippen molar-refractivity contribution in [3.05, 3.63) is 82.9 Å². The molecule has 2 rings (SSSR count). The highest BCUT2D eigenvalue weighted by Crippen LogP contribution is 2.20. The van der Waals surface area contributed by atoms with Crippen molar-refractivity contribution in [2.75, 3.05) is 6.61 Å². The maximum absolute atomic E-state index is 11.9. The van der Waals surface area contributed by atoms with E-state index in [1.807, 2.05) is 48.6 Å². The van der Waals surface area contributed by atoms with E-state index in [1.54, 1.807) is 12.1 Å². The predicted octanol–water partition coefficient (Wildman–Crippen LogP) is 4.85. The van der Waals surface area contributed by atoms with E-state index in [9.17, 15) is 4.79 Å². The molecule has 0 aliphatic carbocycles. The second-order valence-electron chi connectivity index (χ2n) is 4.37. The molecule has 0 atom stereocenters. The van der Waals surface area contributed by atoms with Gasteiger partial charge in [-0.05, 0) is 23.3 Å². The number of halogens is 1. The monoisotopic (exact) mass is 298 g/mol. The molecule has 0 bridgehead atoms. The Kier molecular flexibility index (Phi) is 5.35. The van der Waals surface area contributed by atoms with Crippen LogP contribution in [0, 0.1) is 0 Å². The van der Waals surface area contributed by atoms with Gasteiger partial charge in [0.1, 0.15) is 6.61 Å². The number of rotatable bonds is 5. The van der Waals surface area contributed by atoms with E-state index in [4.69, 9.17) is 16.3 Å². The summed E-state index contributed by atoms with van der Waals surface area (Å²) in [7, 11) is 0. The summed E-state index contributed by atoms with van der Waals surface area (Å²) < 4.78 is 5.01. The van der Waals surface area contributed by atoms with E-state index in [0.29, 0.717) is 10.6 Å².